The zero-order valence-corrected chi connectivity index (χ0v) is 11.3. The normalized spacial score (nSPS) is 11.9. The number of anilines is 1. The Morgan fingerprint density at radius 3 is 3.05 bits per heavy atom. The van der Waals surface area contributed by atoms with Gasteiger partial charge < -0.3 is 20.7 Å². The first kappa shape index (κ1) is 14.1. The van der Waals surface area contributed by atoms with Crippen LogP contribution in [0.1, 0.15) is 24.4 Å². The van der Waals surface area contributed by atoms with Gasteiger partial charge in [-0.3, -0.25) is 0 Å². The maximum absolute atomic E-state index is 11.7. The molecule has 106 valence electrons. The lowest BCUT2D eigenvalue weighted by Gasteiger charge is -2.10. The third-order valence-corrected chi connectivity index (χ3v) is 2.83. The molecule has 0 bridgehead atoms. The third-order valence-electron chi connectivity index (χ3n) is 2.83. The molecule has 0 radical (unpaired) electrons. The summed E-state index contributed by atoms with van der Waals surface area (Å²) < 4.78 is 0. The molecular weight excluding hydrogens is 256 g/mol. The molecule has 1 aromatic carbocycles. The molecule has 0 aliphatic rings. The van der Waals surface area contributed by atoms with Crippen LogP contribution in [-0.2, 0) is 6.42 Å². The van der Waals surface area contributed by atoms with Crippen molar-refractivity contribution in [3.63, 3.8) is 0 Å². The predicted octanol–water partition coefficient (Wildman–Crippen LogP) is 1.83. The van der Waals surface area contributed by atoms with Crippen LogP contribution in [-0.4, -0.2) is 27.7 Å². The highest BCUT2D eigenvalue weighted by molar-refractivity contribution is 5.89. The molecule has 1 atom stereocenters. The van der Waals surface area contributed by atoms with E-state index in [9.17, 15) is 9.90 Å². The molecule has 1 unspecified atom stereocenters. The number of aromatic amines is 1. The fourth-order valence-electron chi connectivity index (χ4n) is 1.78. The summed E-state index contributed by atoms with van der Waals surface area (Å²) >= 11 is 0. The molecule has 0 fully saturated rings. The molecule has 1 heterocycles. The minimum Gasteiger partial charge on any atom is -0.389 e. The number of hydrogen-bond acceptors (Lipinski definition) is 3. The van der Waals surface area contributed by atoms with Crippen molar-refractivity contribution in [2.45, 2.75) is 19.4 Å². The van der Waals surface area contributed by atoms with Crippen molar-refractivity contribution in [2.24, 2.45) is 0 Å². The van der Waals surface area contributed by atoms with Crippen LogP contribution >= 0.6 is 0 Å². The number of amides is 2. The first-order valence-electron chi connectivity index (χ1n) is 6.46. The number of urea groups is 1. The summed E-state index contributed by atoms with van der Waals surface area (Å²) in [5.41, 5.74) is 1.41. The Labute approximate surface area is 117 Å². The van der Waals surface area contributed by atoms with E-state index < -0.39 is 6.10 Å². The predicted molar refractivity (Wildman–Crippen MR) is 76.4 cm³/mol. The zero-order chi connectivity index (χ0) is 14.4. The molecule has 6 heteroatoms. The SMILES string of the molecule is CC(O)c1cccc(NC(=O)NCCc2ncc[nH]2)c1. The van der Waals surface area contributed by atoms with Crippen LogP contribution in [0.3, 0.4) is 0 Å². The van der Waals surface area contributed by atoms with E-state index in [1.807, 2.05) is 6.07 Å². The average molecular weight is 274 g/mol. The Morgan fingerprint density at radius 2 is 2.35 bits per heavy atom. The van der Waals surface area contributed by atoms with Gasteiger partial charge in [-0.15, -0.1) is 0 Å². The molecule has 0 spiro atoms. The van der Waals surface area contributed by atoms with Crippen molar-refractivity contribution >= 4 is 11.7 Å². The second kappa shape index (κ2) is 6.72. The number of nitrogens with zero attached hydrogens (tertiary/aromatic N) is 1. The Balaban J connectivity index is 1.80. The number of nitrogens with one attached hydrogen (secondary N) is 3. The number of aliphatic hydroxyl groups excluding tert-OH is 1. The zero-order valence-electron chi connectivity index (χ0n) is 11.3. The number of carbonyl (C=O) groups excluding carboxylic acids is 1. The molecule has 0 saturated heterocycles. The third kappa shape index (κ3) is 4.10. The number of carbonyl (C=O) groups is 1. The Hall–Kier alpha value is -2.34. The van der Waals surface area contributed by atoms with Gasteiger partial charge >= 0.3 is 6.03 Å². The van der Waals surface area contributed by atoms with E-state index in [-0.39, 0.29) is 6.03 Å². The van der Waals surface area contributed by atoms with Crippen LogP contribution < -0.4 is 10.6 Å². The fraction of sp³-hybridized carbons (Fsp3) is 0.286. The monoisotopic (exact) mass is 274 g/mol. The van der Waals surface area contributed by atoms with E-state index in [1.54, 1.807) is 37.5 Å². The number of rotatable bonds is 5. The van der Waals surface area contributed by atoms with Gasteiger partial charge in [-0.05, 0) is 24.6 Å². The maximum Gasteiger partial charge on any atom is 0.319 e. The minimum absolute atomic E-state index is 0.278. The van der Waals surface area contributed by atoms with Crippen molar-refractivity contribution in [1.29, 1.82) is 0 Å². The number of H-pyrrole nitrogens is 1. The van der Waals surface area contributed by atoms with Gasteiger partial charge in [-0.25, -0.2) is 9.78 Å². The summed E-state index contributed by atoms with van der Waals surface area (Å²) in [4.78, 5) is 18.7. The number of imidazole rings is 1. The van der Waals surface area contributed by atoms with Crippen molar-refractivity contribution in [1.82, 2.24) is 15.3 Å². The van der Waals surface area contributed by atoms with E-state index in [0.29, 0.717) is 18.7 Å². The van der Waals surface area contributed by atoms with Gasteiger partial charge in [0.25, 0.3) is 0 Å². The quantitative estimate of drug-likeness (QED) is 0.670. The molecule has 0 saturated carbocycles. The van der Waals surface area contributed by atoms with Crippen LogP contribution in [0.2, 0.25) is 0 Å². The molecule has 20 heavy (non-hydrogen) atoms. The molecule has 4 N–H and O–H groups in total. The molecule has 2 aromatic rings. The summed E-state index contributed by atoms with van der Waals surface area (Å²) in [5.74, 6) is 0.835. The highest BCUT2D eigenvalue weighted by Gasteiger charge is 2.05. The molecule has 6 nitrogen and oxygen atoms in total. The van der Waals surface area contributed by atoms with E-state index in [2.05, 4.69) is 20.6 Å². The fourth-order valence-corrected chi connectivity index (χ4v) is 1.78. The Bertz CT molecular complexity index is 552. The summed E-state index contributed by atoms with van der Waals surface area (Å²) in [6.07, 6.45) is 3.51. The lowest BCUT2D eigenvalue weighted by Crippen LogP contribution is -2.30. The van der Waals surface area contributed by atoms with Crippen molar-refractivity contribution < 1.29 is 9.90 Å². The summed E-state index contributed by atoms with van der Waals surface area (Å²) in [7, 11) is 0. The van der Waals surface area contributed by atoms with Gasteiger partial charge in [-0.2, -0.15) is 0 Å². The second-order valence-electron chi connectivity index (χ2n) is 4.47. The first-order chi connectivity index (χ1) is 9.65. The summed E-state index contributed by atoms with van der Waals surface area (Å²) in [6.45, 7) is 2.18. The van der Waals surface area contributed by atoms with Crippen molar-refractivity contribution in [3.8, 4) is 0 Å². The smallest absolute Gasteiger partial charge is 0.319 e. The number of aliphatic hydroxyl groups is 1. The van der Waals surface area contributed by atoms with E-state index in [0.717, 1.165) is 11.4 Å². The maximum atomic E-state index is 11.7. The van der Waals surface area contributed by atoms with Crippen LogP contribution in [0.4, 0.5) is 10.5 Å². The number of aromatic nitrogens is 2. The molecule has 0 aliphatic heterocycles. The van der Waals surface area contributed by atoms with Crippen molar-refractivity contribution in [3.05, 3.63) is 48.0 Å². The standard InChI is InChI=1S/C14H18N4O2/c1-10(19)11-3-2-4-12(9-11)18-14(20)17-6-5-13-15-7-8-16-13/h2-4,7-10,19H,5-6H2,1H3,(H,15,16)(H2,17,18,20). The van der Waals surface area contributed by atoms with Crippen LogP contribution in [0.5, 0.6) is 0 Å². The lowest BCUT2D eigenvalue weighted by molar-refractivity contribution is 0.199. The first-order valence-corrected chi connectivity index (χ1v) is 6.46. The minimum atomic E-state index is -0.557. The van der Waals surface area contributed by atoms with Gasteiger partial charge in [-0.1, -0.05) is 12.1 Å². The average Bonchev–Trinajstić information content (AvgIpc) is 2.92. The van der Waals surface area contributed by atoms with Crippen LogP contribution in [0.15, 0.2) is 36.7 Å². The number of hydrogen-bond donors (Lipinski definition) is 4. The number of benzene rings is 1. The second-order valence-corrected chi connectivity index (χ2v) is 4.47. The van der Waals surface area contributed by atoms with Crippen molar-refractivity contribution in [2.75, 3.05) is 11.9 Å². The van der Waals surface area contributed by atoms with Crippen LogP contribution in [0.25, 0.3) is 0 Å². The lowest BCUT2D eigenvalue weighted by atomic mass is 10.1. The highest BCUT2D eigenvalue weighted by atomic mass is 16.3. The Kier molecular flexibility index (Phi) is 4.73. The molecule has 2 amide bonds. The van der Waals surface area contributed by atoms with E-state index in [1.165, 1.54) is 0 Å². The van der Waals surface area contributed by atoms with Gasteiger partial charge in [0.05, 0.1) is 6.10 Å². The topological polar surface area (TPSA) is 90.0 Å². The Morgan fingerprint density at radius 1 is 1.50 bits per heavy atom. The molecular formula is C14H18N4O2. The van der Waals surface area contributed by atoms with E-state index >= 15 is 0 Å². The molecule has 0 aliphatic carbocycles. The van der Waals surface area contributed by atoms with Gasteiger partial charge in [0, 0.05) is 31.0 Å². The highest BCUT2D eigenvalue weighted by Crippen LogP contribution is 2.16. The molecule has 2 rings (SSSR count). The summed E-state index contributed by atoms with van der Waals surface area (Å²) in [5, 5.41) is 15.0. The van der Waals surface area contributed by atoms with Gasteiger partial charge in [0.15, 0.2) is 0 Å². The summed E-state index contributed by atoms with van der Waals surface area (Å²) in [6, 6.07) is 6.85. The van der Waals surface area contributed by atoms with Gasteiger partial charge in [0.1, 0.15) is 5.82 Å². The van der Waals surface area contributed by atoms with Crippen LogP contribution in [0, 0.1) is 0 Å². The van der Waals surface area contributed by atoms with E-state index in [4.69, 9.17) is 0 Å². The molecule has 1 aromatic heterocycles. The van der Waals surface area contributed by atoms with Gasteiger partial charge in [0.2, 0.25) is 0 Å². The largest absolute Gasteiger partial charge is 0.389 e.